The zero-order valence-electron chi connectivity index (χ0n) is 9.56. The summed E-state index contributed by atoms with van der Waals surface area (Å²) in [6.07, 6.45) is 5.37. The van der Waals surface area contributed by atoms with E-state index in [2.05, 4.69) is 4.98 Å². The quantitative estimate of drug-likeness (QED) is 0.833. The van der Waals surface area contributed by atoms with Gasteiger partial charge in [0, 0.05) is 31.5 Å². The number of carbonyl (C=O) groups is 1. The minimum Gasteiger partial charge on any atom is -0.367 e. The first-order valence-electron chi connectivity index (χ1n) is 5.55. The largest absolute Gasteiger partial charge is 0.367 e. The van der Waals surface area contributed by atoms with Crippen LogP contribution in [0.2, 0.25) is 0 Å². The number of H-pyrrole nitrogens is 1. The Labute approximate surface area is 94.3 Å². The number of nitrogens with zero attached hydrogens (tertiary/aromatic N) is 1. The number of hydrogen-bond donors (Lipinski definition) is 1. The van der Waals surface area contributed by atoms with Crippen molar-refractivity contribution in [1.29, 1.82) is 0 Å². The van der Waals surface area contributed by atoms with Gasteiger partial charge in [-0.15, -0.1) is 0 Å². The number of aromatic amines is 1. The monoisotopic (exact) mass is 220 g/mol. The lowest BCUT2D eigenvalue weighted by molar-refractivity contribution is 0.0725. The van der Waals surface area contributed by atoms with E-state index in [9.17, 15) is 9.59 Å². The van der Waals surface area contributed by atoms with Gasteiger partial charge in [-0.3, -0.25) is 9.59 Å². The lowest BCUT2D eigenvalue weighted by atomic mass is 10.1. The van der Waals surface area contributed by atoms with Crippen LogP contribution in [0.4, 0.5) is 0 Å². The van der Waals surface area contributed by atoms with Crippen molar-refractivity contribution in [2.24, 2.45) is 5.92 Å². The SMILES string of the molecule is CC(C1CC1)N(C)C(=O)c1c[nH]ccc1=O. The van der Waals surface area contributed by atoms with Crippen molar-refractivity contribution in [2.75, 3.05) is 7.05 Å². The molecule has 0 radical (unpaired) electrons. The summed E-state index contributed by atoms with van der Waals surface area (Å²) < 4.78 is 0. The van der Waals surface area contributed by atoms with Crippen LogP contribution in [0.3, 0.4) is 0 Å². The second-order valence-corrected chi connectivity index (χ2v) is 4.42. The fourth-order valence-electron chi connectivity index (χ4n) is 1.85. The second kappa shape index (κ2) is 4.12. The van der Waals surface area contributed by atoms with Crippen molar-refractivity contribution >= 4 is 5.91 Å². The van der Waals surface area contributed by atoms with Crippen LogP contribution in [0.5, 0.6) is 0 Å². The van der Waals surface area contributed by atoms with E-state index in [-0.39, 0.29) is 22.9 Å². The number of carbonyl (C=O) groups excluding carboxylic acids is 1. The zero-order valence-corrected chi connectivity index (χ0v) is 9.56. The first kappa shape index (κ1) is 10.9. The van der Waals surface area contributed by atoms with Gasteiger partial charge in [-0.05, 0) is 25.7 Å². The van der Waals surface area contributed by atoms with E-state index in [1.54, 1.807) is 11.9 Å². The van der Waals surface area contributed by atoms with E-state index >= 15 is 0 Å². The second-order valence-electron chi connectivity index (χ2n) is 4.42. The first-order chi connectivity index (χ1) is 7.61. The summed E-state index contributed by atoms with van der Waals surface area (Å²) in [6, 6.07) is 1.59. The molecule has 2 rings (SSSR count). The topological polar surface area (TPSA) is 53.2 Å². The fourth-order valence-corrected chi connectivity index (χ4v) is 1.85. The summed E-state index contributed by atoms with van der Waals surface area (Å²) in [4.78, 5) is 28.0. The van der Waals surface area contributed by atoms with Gasteiger partial charge in [0.2, 0.25) is 0 Å². The van der Waals surface area contributed by atoms with E-state index < -0.39 is 0 Å². The summed E-state index contributed by atoms with van der Waals surface area (Å²) in [5.74, 6) is 0.415. The number of nitrogens with one attached hydrogen (secondary N) is 1. The van der Waals surface area contributed by atoms with Gasteiger partial charge in [0.25, 0.3) is 5.91 Å². The smallest absolute Gasteiger partial charge is 0.259 e. The van der Waals surface area contributed by atoms with Crippen LogP contribution in [0.15, 0.2) is 23.3 Å². The van der Waals surface area contributed by atoms with Crippen molar-refractivity contribution in [3.05, 3.63) is 34.2 Å². The number of hydrogen-bond acceptors (Lipinski definition) is 2. The summed E-state index contributed by atoms with van der Waals surface area (Å²) in [6.45, 7) is 2.03. The Bertz CT molecular complexity index is 448. The molecule has 1 saturated carbocycles. The molecule has 1 atom stereocenters. The van der Waals surface area contributed by atoms with Gasteiger partial charge in [-0.25, -0.2) is 0 Å². The summed E-state index contributed by atoms with van der Waals surface area (Å²) in [5, 5.41) is 0. The maximum atomic E-state index is 12.0. The Hall–Kier alpha value is -1.58. The zero-order chi connectivity index (χ0) is 11.7. The minimum absolute atomic E-state index is 0.193. The molecule has 16 heavy (non-hydrogen) atoms. The van der Waals surface area contributed by atoms with Crippen LogP contribution in [-0.2, 0) is 0 Å². The van der Waals surface area contributed by atoms with Gasteiger partial charge in [-0.2, -0.15) is 0 Å². The van der Waals surface area contributed by atoms with Gasteiger partial charge in [0.15, 0.2) is 5.43 Å². The molecule has 4 heteroatoms. The Morgan fingerprint density at radius 2 is 2.25 bits per heavy atom. The fraction of sp³-hybridized carbons (Fsp3) is 0.500. The Kier molecular flexibility index (Phi) is 2.81. The highest BCUT2D eigenvalue weighted by Crippen LogP contribution is 2.34. The molecule has 0 saturated heterocycles. The van der Waals surface area contributed by atoms with Crippen LogP contribution >= 0.6 is 0 Å². The van der Waals surface area contributed by atoms with Crippen molar-refractivity contribution in [3.63, 3.8) is 0 Å². The van der Waals surface area contributed by atoms with E-state index in [1.807, 2.05) is 6.92 Å². The molecule has 4 nitrogen and oxygen atoms in total. The first-order valence-corrected chi connectivity index (χ1v) is 5.55. The molecule has 1 N–H and O–H groups in total. The van der Waals surface area contributed by atoms with Crippen LogP contribution in [0, 0.1) is 5.92 Å². The maximum Gasteiger partial charge on any atom is 0.259 e. The minimum atomic E-state index is -0.224. The molecule has 1 amide bonds. The Balaban J connectivity index is 2.18. The third-order valence-corrected chi connectivity index (χ3v) is 3.29. The number of pyridine rings is 1. The number of rotatable bonds is 3. The van der Waals surface area contributed by atoms with Crippen molar-refractivity contribution in [1.82, 2.24) is 9.88 Å². The number of aromatic nitrogens is 1. The van der Waals surface area contributed by atoms with E-state index in [1.165, 1.54) is 31.3 Å². The van der Waals surface area contributed by atoms with Gasteiger partial charge in [0.05, 0.1) is 0 Å². The van der Waals surface area contributed by atoms with Crippen molar-refractivity contribution < 1.29 is 4.79 Å². The molecule has 1 aromatic heterocycles. The highest BCUT2D eigenvalue weighted by atomic mass is 16.2. The standard InChI is InChI=1S/C12H16N2O2/c1-8(9-3-4-9)14(2)12(16)10-7-13-6-5-11(10)15/h5-9H,3-4H2,1-2H3,(H,13,15). The Morgan fingerprint density at radius 1 is 1.56 bits per heavy atom. The highest BCUT2D eigenvalue weighted by Gasteiger charge is 2.33. The molecule has 0 spiro atoms. The van der Waals surface area contributed by atoms with Crippen LogP contribution in [-0.4, -0.2) is 28.9 Å². The predicted octanol–water partition coefficient (Wildman–Crippen LogP) is 1.25. The average molecular weight is 220 g/mol. The average Bonchev–Trinajstić information content (AvgIpc) is 3.11. The molecule has 1 aromatic rings. The van der Waals surface area contributed by atoms with Gasteiger partial charge < -0.3 is 9.88 Å². The van der Waals surface area contributed by atoms with Crippen LogP contribution in [0.1, 0.15) is 30.1 Å². The third kappa shape index (κ3) is 2.01. The normalized spacial score (nSPS) is 16.9. The maximum absolute atomic E-state index is 12.0. The molecular formula is C12H16N2O2. The lowest BCUT2D eigenvalue weighted by Crippen LogP contribution is -2.38. The molecule has 1 aliphatic rings. The highest BCUT2D eigenvalue weighted by molar-refractivity contribution is 5.93. The molecule has 1 unspecified atom stereocenters. The Morgan fingerprint density at radius 3 is 2.81 bits per heavy atom. The van der Waals surface area contributed by atoms with Crippen LogP contribution < -0.4 is 5.43 Å². The van der Waals surface area contributed by atoms with Gasteiger partial charge in [-0.1, -0.05) is 0 Å². The molecule has 0 bridgehead atoms. The van der Waals surface area contributed by atoms with Crippen LogP contribution in [0.25, 0.3) is 0 Å². The summed E-state index contributed by atoms with van der Waals surface area (Å²) in [5.41, 5.74) is -0.00361. The molecule has 0 aliphatic heterocycles. The molecular weight excluding hydrogens is 204 g/mol. The van der Waals surface area contributed by atoms with Gasteiger partial charge in [0.1, 0.15) is 5.56 Å². The van der Waals surface area contributed by atoms with E-state index in [0.717, 1.165) is 0 Å². The molecule has 86 valence electrons. The van der Waals surface area contributed by atoms with E-state index in [0.29, 0.717) is 5.92 Å². The molecule has 1 fully saturated rings. The number of amides is 1. The molecule has 1 heterocycles. The third-order valence-electron chi connectivity index (χ3n) is 3.29. The molecule has 0 aromatic carbocycles. The predicted molar refractivity (Wildman–Crippen MR) is 61.3 cm³/mol. The van der Waals surface area contributed by atoms with E-state index in [4.69, 9.17) is 0 Å². The van der Waals surface area contributed by atoms with Gasteiger partial charge >= 0.3 is 0 Å². The summed E-state index contributed by atoms with van der Waals surface area (Å²) in [7, 11) is 1.76. The molecule has 1 aliphatic carbocycles. The summed E-state index contributed by atoms with van der Waals surface area (Å²) >= 11 is 0. The van der Waals surface area contributed by atoms with Crippen molar-refractivity contribution in [2.45, 2.75) is 25.8 Å². The van der Waals surface area contributed by atoms with Crippen molar-refractivity contribution in [3.8, 4) is 0 Å². The lowest BCUT2D eigenvalue weighted by Gasteiger charge is -2.24.